The van der Waals surface area contributed by atoms with Crippen LogP contribution in [-0.2, 0) is 4.79 Å². The molecule has 2 N–H and O–H groups in total. The first-order valence-corrected chi connectivity index (χ1v) is 9.24. The molecular formula is C19H30O3. The van der Waals surface area contributed by atoms with Crippen molar-refractivity contribution in [1.29, 1.82) is 0 Å². The first kappa shape index (κ1) is 15.1. The Hall–Kier alpha value is -0.410. The number of rotatable bonds is 0. The van der Waals surface area contributed by atoms with Crippen molar-refractivity contribution in [2.45, 2.75) is 77.4 Å². The van der Waals surface area contributed by atoms with Crippen LogP contribution in [0.2, 0.25) is 0 Å². The van der Waals surface area contributed by atoms with Crippen molar-refractivity contribution in [1.82, 2.24) is 0 Å². The van der Waals surface area contributed by atoms with Crippen LogP contribution < -0.4 is 0 Å². The summed E-state index contributed by atoms with van der Waals surface area (Å²) >= 11 is 0. The molecule has 0 saturated heterocycles. The smallest absolute Gasteiger partial charge is 0.133 e. The highest BCUT2D eigenvalue weighted by Gasteiger charge is 2.63. The fraction of sp³-hybridized carbons (Fsp3) is 0.947. The molecule has 0 aliphatic heterocycles. The third-order valence-corrected chi connectivity index (χ3v) is 8.30. The molecule has 4 aliphatic rings. The number of ketones is 1. The van der Waals surface area contributed by atoms with Crippen LogP contribution in [-0.4, -0.2) is 28.2 Å². The molecule has 4 saturated carbocycles. The van der Waals surface area contributed by atoms with Crippen molar-refractivity contribution in [2.24, 2.45) is 34.5 Å². The van der Waals surface area contributed by atoms with Crippen LogP contribution in [0.4, 0.5) is 0 Å². The first-order valence-electron chi connectivity index (χ1n) is 9.24. The molecule has 4 aliphatic carbocycles. The van der Waals surface area contributed by atoms with E-state index in [4.69, 9.17) is 0 Å². The number of aliphatic hydroxyl groups is 2. The van der Waals surface area contributed by atoms with Crippen LogP contribution in [0.1, 0.15) is 65.2 Å². The van der Waals surface area contributed by atoms with E-state index in [1.165, 1.54) is 19.3 Å². The van der Waals surface area contributed by atoms with Gasteiger partial charge in [-0.3, -0.25) is 4.79 Å². The number of fused-ring (bicyclic) bond motifs is 5. The largest absolute Gasteiger partial charge is 0.393 e. The van der Waals surface area contributed by atoms with Gasteiger partial charge in [-0.2, -0.15) is 0 Å². The van der Waals surface area contributed by atoms with Gasteiger partial charge < -0.3 is 10.2 Å². The highest BCUT2D eigenvalue weighted by molar-refractivity contribution is 5.82. The molecular weight excluding hydrogens is 276 g/mol. The third kappa shape index (κ3) is 1.84. The zero-order chi connectivity index (χ0) is 15.7. The summed E-state index contributed by atoms with van der Waals surface area (Å²) in [6.45, 7) is 4.48. The van der Waals surface area contributed by atoms with E-state index in [2.05, 4.69) is 13.8 Å². The predicted molar refractivity (Wildman–Crippen MR) is 84.1 cm³/mol. The van der Waals surface area contributed by atoms with Crippen molar-refractivity contribution in [3.8, 4) is 0 Å². The fourth-order valence-electron chi connectivity index (χ4n) is 7.08. The maximum atomic E-state index is 12.1. The number of Topliss-reactive ketones (excluding diaryl/α,β-unsaturated/α-hetero) is 1. The van der Waals surface area contributed by atoms with Gasteiger partial charge in [0.15, 0.2) is 0 Å². The van der Waals surface area contributed by atoms with E-state index in [0.717, 1.165) is 19.3 Å². The second-order valence-corrected chi connectivity index (χ2v) is 9.21. The molecule has 22 heavy (non-hydrogen) atoms. The topological polar surface area (TPSA) is 57.5 Å². The van der Waals surface area contributed by atoms with Crippen LogP contribution in [0.15, 0.2) is 0 Å². The molecule has 0 unspecified atom stereocenters. The number of carbonyl (C=O) groups excluding carboxylic acids is 1. The van der Waals surface area contributed by atoms with Gasteiger partial charge in [0.2, 0.25) is 0 Å². The minimum absolute atomic E-state index is 0.161. The number of hydrogen-bond acceptors (Lipinski definition) is 3. The average molecular weight is 306 g/mol. The van der Waals surface area contributed by atoms with Gasteiger partial charge >= 0.3 is 0 Å². The van der Waals surface area contributed by atoms with Crippen LogP contribution in [0, 0.1) is 34.5 Å². The molecule has 3 heteroatoms. The molecule has 3 nitrogen and oxygen atoms in total. The normalized spacial score (nSPS) is 57.9. The summed E-state index contributed by atoms with van der Waals surface area (Å²) in [7, 11) is 0. The minimum Gasteiger partial charge on any atom is -0.393 e. The SMILES string of the molecule is C[C@]12CCCC[C@@H]1[C@@H](O)C[C@@H]1[C@H]2C[C@H](O)[C@@]2(C)CC(=O)C[C@H]12. The Morgan fingerprint density at radius 2 is 1.77 bits per heavy atom. The fourth-order valence-corrected chi connectivity index (χ4v) is 7.08. The summed E-state index contributed by atoms with van der Waals surface area (Å²) < 4.78 is 0. The lowest BCUT2D eigenvalue weighted by molar-refractivity contribution is -0.183. The van der Waals surface area contributed by atoms with Crippen molar-refractivity contribution in [3.05, 3.63) is 0 Å². The molecule has 0 aromatic heterocycles. The zero-order valence-electron chi connectivity index (χ0n) is 13.9. The predicted octanol–water partition coefficient (Wildman–Crippen LogP) is 2.93. The molecule has 0 radical (unpaired) electrons. The summed E-state index contributed by atoms with van der Waals surface area (Å²) in [4.78, 5) is 12.1. The molecule has 0 heterocycles. The van der Waals surface area contributed by atoms with Gasteiger partial charge in [-0.15, -0.1) is 0 Å². The van der Waals surface area contributed by atoms with Crippen LogP contribution in [0.3, 0.4) is 0 Å². The first-order chi connectivity index (χ1) is 10.4. The quantitative estimate of drug-likeness (QED) is 0.723. The molecule has 4 rings (SSSR count). The lowest BCUT2D eigenvalue weighted by Gasteiger charge is -2.62. The lowest BCUT2D eigenvalue weighted by Crippen LogP contribution is -2.59. The van der Waals surface area contributed by atoms with Crippen LogP contribution in [0.25, 0.3) is 0 Å². The summed E-state index contributed by atoms with van der Waals surface area (Å²) in [6, 6.07) is 0. The highest BCUT2D eigenvalue weighted by Crippen LogP contribution is 2.65. The highest BCUT2D eigenvalue weighted by atomic mass is 16.3. The summed E-state index contributed by atoms with van der Waals surface area (Å²) in [6.07, 6.45) is 7.10. The number of hydrogen-bond donors (Lipinski definition) is 2. The molecule has 4 fully saturated rings. The van der Waals surface area contributed by atoms with E-state index < -0.39 is 0 Å². The Kier molecular flexibility index (Phi) is 3.30. The van der Waals surface area contributed by atoms with E-state index in [-0.39, 0.29) is 29.0 Å². The van der Waals surface area contributed by atoms with E-state index in [1.807, 2.05) is 0 Å². The molecule has 8 atom stereocenters. The van der Waals surface area contributed by atoms with Gasteiger partial charge in [0.1, 0.15) is 5.78 Å². The summed E-state index contributed by atoms with van der Waals surface area (Å²) in [5, 5.41) is 21.6. The Balaban J connectivity index is 1.73. The van der Waals surface area contributed by atoms with Crippen molar-refractivity contribution < 1.29 is 15.0 Å². The van der Waals surface area contributed by atoms with Gasteiger partial charge in [-0.05, 0) is 54.8 Å². The maximum absolute atomic E-state index is 12.1. The zero-order valence-corrected chi connectivity index (χ0v) is 13.9. The summed E-state index contributed by atoms with van der Waals surface area (Å²) in [5.41, 5.74) is -0.0790. The van der Waals surface area contributed by atoms with Crippen molar-refractivity contribution in [3.63, 3.8) is 0 Å². The summed E-state index contributed by atoms with van der Waals surface area (Å²) in [5.74, 6) is 1.91. The van der Waals surface area contributed by atoms with E-state index in [1.54, 1.807) is 0 Å². The van der Waals surface area contributed by atoms with Gasteiger partial charge in [0, 0.05) is 18.3 Å². The molecule has 0 bridgehead atoms. The van der Waals surface area contributed by atoms with E-state index in [0.29, 0.717) is 36.4 Å². The number of carbonyl (C=O) groups is 1. The van der Waals surface area contributed by atoms with E-state index >= 15 is 0 Å². The third-order valence-electron chi connectivity index (χ3n) is 8.30. The van der Waals surface area contributed by atoms with Crippen LogP contribution in [0.5, 0.6) is 0 Å². The van der Waals surface area contributed by atoms with Gasteiger partial charge in [-0.25, -0.2) is 0 Å². The van der Waals surface area contributed by atoms with Gasteiger partial charge in [0.05, 0.1) is 12.2 Å². The molecule has 0 aromatic rings. The van der Waals surface area contributed by atoms with Crippen molar-refractivity contribution >= 4 is 5.78 Å². The molecule has 0 aromatic carbocycles. The Labute approximate surface area is 133 Å². The maximum Gasteiger partial charge on any atom is 0.133 e. The Morgan fingerprint density at radius 1 is 1.00 bits per heavy atom. The minimum atomic E-state index is -0.347. The Bertz CT molecular complexity index is 489. The standard InChI is InChI=1S/C19H30O3/c1-18-6-4-3-5-13(18)16(21)8-12-14-7-11(20)10-19(14,2)17(22)9-15(12)18/h12-17,21-22H,3-10H2,1-2H3/t12-,13+,14+,15+,16-,17-,18-,19-/m0/s1. The van der Waals surface area contributed by atoms with Crippen molar-refractivity contribution in [2.75, 3.05) is 0 Å². The monoisotopic (exact) mass is 306 g/mol. The molecule has 124 valence electrons. The van der Waals surface area contributed by atoms with Crippen LogP contribution >= 0.6 is 0 Å². The number of aliphatic hydroxyl groups excluding tert-OH is 2. The second kappa shape index (κ2) is 4.80. The molecule has 0 spiro atoms. The lowest BCUT2D eigenvalue weighted by atomic mass is 9.44. The van der Waals surface area contributed by atoms with Gasteiger partial charge in [-0.1, -0.05) is 26.7 Å². The van der Waals surface area contributed by atoms with E-state index in [9.17, 15) is 15.0 Å². The second-order valence-electron chi connectivity index (χ2n) is 9.21. The van der Waals surface area contributed by atoms with Gasteiger partial charge in [0.25, 0.3) is 0 Å². The average Bonchev–Trinajstić information content (AvgIpc) is 2.78. The Morgan fingerprint density at radius 3 is 2.55 bits per heavy atom. The molecule has 0 amide bonds.